The van der Waals surface area contributed by atoms with Crippen LogP contribution in [0.5, 0.6) is 0 Å². The first-order chi connectivity index (χ1) is 8.52. The summed E-state index contributed by atoms with van der Waals surface area (Å²) in [5.74, 6) is -17.1. The van der Waals surface area contributed by atoms with Crippen LogP contribution in [0, 0.1) is 0 Å². The van der Waals surface area contributed by atoms with Crippen molar-refractivity contribution in [1.29, 1.82) is 0 Å². The minimum absolute atomic E-state index is 2.37. The predicted molar refractivity (Wildman–Crippen MR) is 48.5 cm³/mol. The highest BCUT2D eigenvalue weighted by Gasteiger charge is 2.82. The van der Waals surface area contributed by atoms with Crippen LogP contribution in [-0.2, 0) is 14.3 Å². The molecule has 118 valence electrons. The first-order valence-corrected chi connectivity index (χ1v) is 6.21. The van der Waals surface area contributed by atoms with Crippen LogP contribution in [0.4, 0.5) is 35.1 Å². The van der Waals surface area contributed by atoms with E-state index in [0.717, 1.165) is 0 Å². The van der Waals surface area contributed by atoms with Gasteiger partial charge in [0.15, 0.2) is 0 Å². The molecule has 3 nitrogen and oxygen atoms in total. The van der Waals surface area contributed by atoms with Gasteiger partial charge in [0.1, 0.15) is 10.1 Å². The largest absolute Gasteiger partial charge is 0.523 e. The third kappa shape index (κ3) is 2.07. The van der Waals surface area contributed by atoms with Crippen LogP contribution >= 0.6 is 23.2 Å². The Morgan fingerprint density at radius 1 is 0.950 bits per heavy atom. The van der Waals surface area contributed by atoms with E-state index < -0.39 is 43.4 Å². The summed E-state index contributed by atoms with van der Waals surface area (Å²) in [5, 5.41) is -4.77. The molecular formula is C6Cl2F8O3S. The van der Waals surface area contributed by atoms with Crippen LogP contribution in [0.25, 0.3) is 0 Å². The van der Waals surface area contributed by atoms with E-state index in [-0.39, 0.29) is 0 Å². The summed E-state index contributed by atoms with van der Waals surface area (Å²) in [6, 6.07) is 0. The Labute approximate surface area is 115 Å². The molecule has 0 aromatic heterocycles. The fourth-order valence-electron chi connectivity index (χ4n) is 1.04. The molecular weight excluding hydrogens is 375 g/mol. The Hall–Kier alpha value is -0.330. The zero-order valence-corrected chi connectivity index (χ0v) is 10.7. The second-order valence-corrected chi connectivity index (χ2v) is 5.65. The number of alkyl halides is 8. The Morgan fingerprint density at radius 3 is 1.60 bits per heavy atom. The fourth-order valence-corrected chi connectivity index (χ4v) is 2.19. The number of rotatable bonds is 2. The van der Waals surface area contributed by atoms with Crippen molar-refractivity contribution in [2.24, 2.45) is 0 Å². The van der Waals surface area contributed by atoms with E-state index in [1.807, 2.05) is 0 Å². The number of hydrogen-bond acceptors (Lipinski definition) is 3. The first-order valence-electron chi connectivity index (χ1n) is 4.05. The third-order valence-corrected chi connectivity index (χ3v) is 4.03. The minimum atomic E-state index is -6.98. The molecule has 14 heteroatoms. The summed E-state index contributed by atoms with van der Waals surface area (Å²) in [7, 11) is -6.98. The molecule has 0 aromatic rings. The predicted octanol–water partition coefficient (Wildman–Crippen LogP) is 3.49. The van der Waals surface area contributed by atoms with E-state index in [2.05, 4.69) is 27.4 Å². The second kappa shape index (κ2) is 4.34. The molecule has 0 saturated carbocycles. The summed E-state index contributed by atoms with van der Waals surface area (Å²) in [5.41, 5.74) is -6.34. The molecule has 20 heavy (non-hydrogen) atoms. The summed E-state index contributed by atoms with van der Waals surface area (Å²) >= 11 is 9.24. The van der Waals surface area contributed by atoms with Crippen molar-refractivity contribution in [1.82, 2.24) is 0 Å². The molecule has 1 aliphatic carbocycles. The highest BCUT2D eigenvalue weighted by molar-refractivity contribution is 7.87. The van der Waals surface area contributed by atoms with E-state index in [9.17, 15) is 43.5 Å². The zero-order valence-electron chi connectivity index (χ0n) is 8.41. The van der Waals surface area contributed by atoms with E-state index in [1.165, 1.54) is 0 Å². The number of halogens is 10. The molecule has 0 spiro atoms. The van der Waals surface area contributed by atoms with E-state index in [0.29, 0.717) is 0 Å². The normalized spacial score (nSPS) is 29.9. The molecule has 0 aliphatic heterocycles. The van der Waals surface area contributed by atoms with Crippen LogP contribution in [0.2, 0.25) is 0 Å². The Kier molecular flexibility index (Phi) is 3.84. The van der Waals surface area contributed by atoms with Gasteiger partial charge >= 0.3 is 33.3 Å². The lowest BCUT2D eigenvalue weighted by molar-refractivity contribution is -0.279. The van der Waals surface area contributed by atoms with Crippen molar-refractivity contribution in [3.63, 3.8) is 0 Å². The van der Waals surface area contributed by atoms with Crippen LogP contribution in [0.3, 0.4) is 0 Å². The maximum absolute atomic E-state index is 13.7. The Morgan fingerprint density at radius 2 is 1.35 bits per heavy atom. The molecule has 0 radical (unpaired) electrons. The lowest BCUT2D eigenvalue weighted by Gasteiger charge is -2.29. The summed E-state index contributed by atoms with van der Waals surface area (Å²) < 4.78 is 125. The SMILES string of the molecule is O=S(=O)(OC1(F)C(Cl)=C(Cl)C(F)(F)C1(F)F)C(F)(F)F. The van der Waals surface area contributed by atoms with Gasteiger partial charge in [-0.15, -0.1) is 0 Å². The van der Waals surface area contributed by atoms with Gasteiger partial charge in [0, 0.05) is 0 Å². The molecule has 1 aliphatic rings. The van der Waals surface area contributed by atoms with Crippen LogP contribution in [0.15, 0.2) is 10.1 Å². The lowest BCUT2D eigenvalue weighted by atomic mass is 10.1. The Balaban J connectivity index is 3.45. The van der Waals surface area contributed by atoms with E-state index >= 15 is 0 Å². The number of allylic oxidation sites excluding steroid dienone is 1. The minimum Gasteiger partial charge on any atom is -0.211 e. The highest BCUT2D eigenvalue weighted by Crippen LogP contribution is 2.61. The van der Waals surface area contributed by atoms with Gasteiger partial charge in [-0.3, -0.25) is 0 Å². The monoisotopic (exact) mass is 374 g/mol. The molecule has 0 N–H and O–H groups in total. The van der Waals surface area contributed by atoms with Gasteiger partial charge in [0.05, 0.1) is 0 Å². The third-order valence-electron chi connectivity index (χ3n) is 2.06. The molecule has 1 rings (SSSR count). The van der Waals surface area contributed by atoms with Gasteiger partial charge in [0.25, 0.3) is 0 Å². The van der Waals surface area contributed by atoms with Crippen LogP contribution < -0.4 is 0 Å². The average molecular weight is 375 g/mol. The fraction of sp³-hybridized carbons (Fsp3) is 0.667. The maximum atomic E-state index is 13.7. The first kappa shape index (κ1) is 17.7. The molecule has 0 fully saturated rings. The van der Waals surface area contributed by atoms with Gasteiger partial charge in [-0.25, -0.2) is 4.18 Å². The van der Waals surface area contributed by atoms with Crippen molar-refractivity contribution in [2.45, 2.75) is 23.2 Å². The van der Waals surface area contributed by atoms with Crippen molar-refractivity contribution in [3.8, 4) is 0 Å². The number of hydrogen-bond donors (Lipinski definition) is 0. The second-order valence-electron chi connectivity index (χ2n) is 3.36. The lowest BCUT2D eigenvalue weighted by Crippen LogP contribution is -2.54. The van der Waals surface area contributed by atoms with Crippen molar-refractivity contribution in [2.75, 3.05) is 0 Å². The van der Waals surface area contributed by atoms with Gasteiger partial charge in [-0.1, -0.05) is 23.2 Å². The topological polar surface area (TPSA) is 43.4 Å². The van der Waals surface area contributed by atoms with Gasteiger partial charge in [-0.05, 0) is 0 Å². The standard InChI is InChI=1S/C6Cl2F8O3S/c7-1-2(8)4(11,5(12,13)3(1,9)10)19-20(17,18)6(14,15)16. The molecule has 0 bridgehead atoms. The summed E-state index contributed by atoms with van der Waals surface area (Å²) in [4.78, 5) is 0. The highest BCUT2D eigenvalue weighted by atomic mass is 35.5. The van der Waals surface area contributed by atoms with Gasteiger partial charge in [-0.2, -0.15) is 43.5 Å². The molecule has 1 unspecified atom stereocenters. The van der Waals surface area contributed by atoms with Gasteiger partial charge < -0.3 is 0 Å². The van der Waals surface area contributed by atoms with Gasteiger partial charge in [0.2, 0.25) is 0 Å². The van der Waals surface area contributed by atoms with Crippen LogP contribution in [-0.4, -0.2) is 31.6 Å². The quantitative estimate of drug-likeness (QED) is 0.422. The van der Waals surface area contributed by atoms with Crippen LogP contribution in [0.1, 0.15) is 0 Å². The molecule has 1 atom stereocenters. The van der Waals surface area contributed by atoms with E-state index in [4.69, 9.17) is 0 Å². The van der Waals surface area contributed by atoms with E-state index in [1.54, 1.807) is 0 Å². The van der Waals surface area contributed by atoms with Crippen molar-refractivity contribution >= 4 is 33.3 Å². The molecule has 0 heterocycles. The van der Waals surface area contributed by atoms with Crippen molar-refractivity contribution < 1.29 is 47.7 Å². The molecule has 0 amide bonds. The summed E-state index contributed by atoms with van der Waals surface area (Å²) in [6.07, 6.45) is 0. The Bertz CT molecular complexity index is 567. The summed E-state index contributed by atoms with van der Waals surface area (Å²) in [6.45, 7) is 0. The molecule has 0 aromatic carbocycles. The average Bonchev–Trinajstić information content (AvgIpc) is 2.30. The molecule has 0 saturated heterocycles. The van der Waals surface area contributed by atoms with Crippen molar-refractivity contribution in [3.05, 3.63) is 10.1 Å². The zero-order chi connectivity index (χ0) is 16.4. The smallest absolute Gasteiger partial charge is 0.211 e. The maximum Gasteiger partial charge on any atom is 0.523 e.